The van der Waals surface area contributed by atoms with Gasteiger partial charge in [-0.3, -0.25) is 5.41 Å². The highest BCUT2D eigenvalue weighted by atomic mass is 35.5. The van der Waals surface area contributed by atoms with Crippen molar-refractivity contribution in [3.63, 3.8) is 0 Å². The highest BCUT2D eigenvalue weighted by Gasteiger charge is 2.06. The van der Waals surface area contributed by atoms with Gasteiger partial charge in [0.25, 0.3) is 0 Å². The molecule has 0 spiro atoms. The number of aromatic nitrogens is 1. The Bertz CT molecular complexity index is 731. The number of H-pyrrole nitrogens is 1. The summed E-state index contributed by atoms with van der Waals surface area (Å²) >= 11 is 0. The number of fused-ring (bicyclic) bond motifs is 1. The average molecular weight is 301 g/mol. The Balaban J connectivity index is 0.00000161. The fraction of sp³-hybridized carbons (Fsp3) is 0.118. The largest absolute Gasteiger partial charge is 0.478 e. The summed E-state index contributed by atoms with van der Waals surface area (Å²) in [6.45, 7) is 2.39. The first kappa shape index (κ1) is 15.1. The zero-order valence-electron chi connectivity index (χ0n) is 11.7. The summed E-state index contributed by atoms with van der Waals surface area (Å²) in [7, 11) is 0. The Kier molecular flexibility index (Phi) is 4.66. The van der Waals surface area contributed by atoms with Gasteiger partial charge in [-0.1, -0.05) is 30.3 Å². The SMILES string of the molecule is CCOC(=N)c1cccc(-c2cc3ccccc3[nH]2)c1.Cl. The van der Waals surface area contributed by atoms with Gasteiger partial charge in [-0.15, -0.1) is 12.4 Å². The lowest BCUT2D eigenvalue weighted by atomic mass is 10.1. The van der Waals surface area contributed by atoms with Crippen LogP contribution in [0, 0.1) is 5.41 Å². The Hall–Kier alpha value is -2.26. The van der Waals surface area contributed by atoms with Gasteiger partial charge >= 0.3 is 0 Å². The lowest BCUT2D eigenvalue weighted by Gasteiger charge is -2.06. The number of benzene rings is 2. The van der Waals surface area contributed by atoms with E-state index in [1.807, 2.05) is 43.3 Å². The van der Waals surface area contributed by atoms with E-state index in [0.717, 1.165) is 22.3 Å². The molecule has 0 aliphatic heterocycles. The molecule has 0 atom stereocenters. The molecule has 0 unspecified atom stereocenters. The summed E-state index contributed by atoms with van der Waals surface area (Å²) in [5.41, 5.74) is 4.02. The van der Waals surface area contributed by atoms with Gasteiger partial charge < -0.3 is 9.72 Å². The summed E-state index contributed by atoms with van der Waals surface area (Å²) in [4.78, 5) is 3.40. The van der Waals surface area contributed by atoms with Crippen molar-refractivity contribution in [1.29, 1.82) is 5.41 Å². The molecule has 108 valence electrons. The van der Waals surface area contributed by atoms with E-state index < -0.39 is 0 Å². The molecule has 0 radical (unpaired) electrons. The molecular formula is C17H17ClN2O. The fourth-order valence-corrected chi connectivity index (χ4v) is 2.28. The van der Waals surface area contributed by atoms with Crippen LogP contribution in [0.2, 0.25) is 0 Å². The number of aromatic amines is 1. The molecule has 1 aromatic heterocycles. The molecule has 0 aliphatic rings. The van der Waals surface area contributed by atoms with Gasteiger partial charge in [0.1, 0.15) is 0 Å². The van der Waals surface area contributed by atoms with Crippen LogP contribution in [-0.4, -0.2) is 17.5 Å². The van der Waals surface area contributed by atoms with E-state index in [9.17, 15) is 0 Å². The molecule has 4 heteroatoms. The van der Waals surface area contributed by atoms with Crippen molar-refractivity contribution < 1.29 is 4.74 Å². The standard InChI is InChI=1S/C17H16N2O.ClH/c1-2-20-17(18)14-8-5-7-12(10-14)16-11-13-6-3-4-9-15(13)19-16;/h3-11,18-19H,2H2,1H3;1H. The van der Waals surface area contributed by atoms with Gasteiger partial charge in [0.2, 0.25) is 5.90 Å². The van der Waals surface area contributed by atoms with Crippen molar-refractivity contribution in [1.82, 2.24) is 4.98 Å². The molecule has 0 fully saturated rings. The Morgan fingerprint density at radius 3 is 2.67 bits per heavy atom. The van der Waals surface area contributed by atoms with Gasteiger partial charge in [0, 0.05) is 22.2 Å². The third-order valence-electron chi connectivity index (χ3n) is 3.25. The zero-order chi connectivity index (χ0) is 13.9. The van der Waals surface area contributed by atoms with Crippen molar-refractivity contribution in [3.8, 4) is 11.3 Å². The van der Waals surface area contributed by atoms with E-state index in [4.69, 9.17) is 10.1 Å². The van der Waals surface area contributed by atoms with Crippen LogP contribution in [-0.2, 0) is 4.74 Å². The van der Waals surface area contributed by atoms with E-state index in [1.54, 1.807) is 0 Å². The van der Waals surface area contributed by atoms with E-state index in [0.29, 0.717) is 6.61 Å². The quantitative estimate of drug-likeness (QED) is 0.538. The van der Waals surface area contributed by atoms with E-state index in [2.05, 4.69) is 23.2 Å². The highest BCUT2D eigenvalue weighted by molar-refractivity contribution is 5.93. The second-order valence-corrected chi connectivity index (χ2v) is 4.61. The number of halogens is 1. The number of hydrogen-bond acceptors (Lipinski definition) is 2. The molecule has 1 heterocycles. The van der Waals surface area contributed by atoms with Crippen LogP contribution in [0.25, 0.3) is 22.2 Å². The predicted molar refractivity (Wildman–Crippen MR) is 89.4 cm³/mol. The van der Waals surface area contributed by atoms with Crippen LogP contribution in [0.5, 0.6) is 0 Å². The third kappa shape index (κ3) is 3.09. The minimum atomic E-state index is 0. The Labute approximate surface area is 129 Å². The first-order valence-electron chi connectivity index (χ1n) is 6.68. The normalized spacial score (nSPS) is 10.1. The zero-order valence-corrected chi connectivity index (χ0v) is 12.5. The molecule has 2 N–H and O–H groups in total. The van der Waals surface area contributed by atoms with E-state index >= 15 is 0 Å². The van der Waals surface area contributed by atoms with Crippen molar-refractivity contribution in [2.24, 2.45) is 0 Å². The Morgan fingerprint density at radius 1 is 1.10 bits per heavy atom. The predicted octanol–water partition coefficient (Wildman–Crippen LogP) is 4.62. The maximum atomic E-state index is 7.86. The topological polar surface area (TPSA) is 48.9 Å². The van der Waals surface area contributed by atoms with Gasteiger partial charge in [-0.25, -0.2) is 0 Å². The summed E-state index contributed by atoms with van der Waals surface area (Å²) in [6, 6.07) is 18.2. The minimum Gasteiger partial charge on any atom is -0.478 e. The number of hydrogen-bond donors (Lipinski definition) is 2. The summed E-state index contributed by atoms with van der Waals surface area (Å²) in [5, 5.41) is 9.05. The van der Waals surface area contributed by atoms with Gasteiger partial charge in [0.05, 0.1) is 6.61 Å². The van der Waals surface area contributed by atoms with Crippen LogP contribution < -0.4 is 0 Å². The lowest BCUT2D eigenvalue weighted by molar-refractivity contribution is 0.325. The van der Waals surface area contributed by atoms with Crippen LogP contribution in [0.1, 0.15) is 12.5 Å². The number of para-hydroxylation sites is 1. The monoisotopic (exact) mass is 300 g/mol. The van der Waals surface area contributed by atoms with Crippen LogP contribution in [0.4, 0.5) is 0 Å². The number of ether oxygens (including phenoxy) is 1. The maximum Gasteiger partial charge on any atom is 0.213 e. The minimum absolute atomic E-state index is 0. The third-order valence-corrected chi connectivity index (χ3v) is 3.25. The van der Waals surface area contributed by atoms with E-state index in [-0.39, 0.29) is 18.3 Å². The maximum absolute atomic E-state index is 7.86. The highest BCUT2D eigenvalue weighted by Crippen LogP contribution is 2.24. The number of nitrogens with one attached hydrogen (secondary N) is 2. The van der Waals surface area contributed by atoms with Crippen LogP contribution >= 0.6 is 12.4 Å². The molecule has 2 aromatic carbocycles. The average Bonchev–Trinajstić information content (AvgIpc) is 2.91. The molecule has 0 saturated carbocycles. The molecule has 0 amide bonds. The van der Waals surface area contributed by atoms with Crippen LogP contribution in [0.3, 0.4) is 0 Å². The molecule has 0 saturated heterocycles. The van der Waals surface area contributed by atoms with Gasteiger partial charge in [-0.05, 0) is 36.8 Å². The smallest absolute Gasteiger partial charge is 0.213 e. The van der Waals surface area contributed by atoms with Crippen LogP contribution in [0.15, 0.2) is 54.6 Å². The molecule has 3 aromatic rings. The summed E-state index contributed by atoms with van der Waals surface area (Å²) in [6.07, 6.45) is 0. The summed E-state index contributed by atoms with van der Waals surface area (Å²) < 4.78 is 5.25. The summed E-state index contributed by atoms with van der Waals surface area (Å²) in [5.74, 6) is 0.213. The van der Waals surface area contributed by atoms with Crippen molar-refractivity contribution >= 4 is 29.2 Å². The number of rotatable bonds is 3. The molecule has 3 nitrogen and oxygen atoms in total. The first-order chi connectivity index (χ1) is 9.78. The van der Waals surface area contributed by atoms with Crippen molar-refractivity contribution in [2.45, 2.75) is 6.92 Å². The second-order valence-electron chi connectivity index (χ2n) is 4.61. The molecule has 3 rings (SSSR count). The van der Waals surface area contributed by atoms with Crippen molar-refractivity contribution in [3.05, 3.63) is 60.2 Å². The van der Waals surface area contributed by atoms with Gasteiger partial charge in [-0.2, -0.15) is 0 Å². The van der Waals surface area contributed by atoms with Gasteiger partial charge in [0.15, 0.2) is 0 Å². The molecule has 0 aliphatic carbocycles. The Morgan fingerprint density at radius 2 is 1.90 bits per heavy atom. The molecule has 21 heavy (non-hydrogen) atoms. The first-order valence-corrected chi connectivity index (χ1v) is 6.68. The van der Waals surface area contributed by atoms with E-state index in [1.165, 1.54) is 5.39 Å². The second kappa shape index (κ2) is 6.46. The fourth-order valence-electron chi connectivity index (χ4n) is 2.28. The molecular weight excluding hydrogens is 284 g/mol. The molecule has 0 bridgehead atoms. The lowest BCUT2D eigenvalue weighted by Crippen LogP contribution is -2.04. The van der Waals surface area contributed by atoms with Crippen molar-refractivity contribution in [2.75, 3.05) is 6.61 Å².